The average Bonchev–Trinajstić information content (AvgIpc) is 3.39. The first-order valence-electron chi connectivity index (χ1n) is 12.6. The predicted octanol–water partition coefficient (Wildman–Crippen LogP) is 3.32. The van der Waals surface area contributed by atoms with E-state index in [-0.39, 0.29) is 22.4 Å². The number of rotatable bonds is 8. The van der Waals surface area contributed by atoms with Crippen molar-refractivity contribution in [1.29, 1.82) is 0 Å². The molecule has 3 heterocycles. The van der Waals surface area contributed by atoms with Gasteiger partial charge in [0.15, 0.2) is 5.69 Å². The van der Waals surface area contributed by atoms with Crippen LogP contribution < -0.4 is 20.9 Å². The normalized spacial score (nSPS) is 16.5. The fourth-order valence-corrected chi connectivity index (χ4v) is 5.04. The third-order valence-corrected chi connectivity index (χ3v) is 7.49. The fraction of sp³-hybridized carbons (Fsp3) is 0.250. The first-order chi connectivity index (χ1) is 19.8. The monoisotopic (exact) mass is 596 g/mol. The molecule has 2 aromatic heterocycles. The van der Waals surface area contributed by atoms with Crippen molar-refractivity contribution in [2.75, 3.05) is 25.6 Å². The summed E-state index contributed by atoms with van der Waals surface area (Å²) in [5.74, 6) is -0.295. The molecule has 0 bridgehead atoms. The van der Waals surface area contributed by atoms with Gasteiger partial charge in [0.1, 0.15) is 6.33 Å². The summed E-state index contributed by atoms with van der Waals surface area (Å²) in [4.78, 5) is 33.5. The molecule has 4 aromatic rings. The summed E-state index contributed by atoms with van der Waals surface area (Å²) in [6.45, 7) is 1.18. The Kier molecular flexibility index (Phi) is 8.62. The molecule has 0 radical (unpaired) electrons. The second-order valence-electron chi connectivity index (χ2n) is 9.28. The predicted molar refractivity (Wildman–Crippen MR) is 154 cm³/mol. The second-order valence-corrected chi connectivity index (χ2v) is 10.0. The Morgan fingerprint density at radius 1 is 1.10 bits per heavy atom. The molecule has 2 aromatic carbocycles. The molecule has 1 aliphatic rings. The first-order valence-corrected chi connectivity index (χ1v) is 13.3. The van der Waals surface area contributed by atoms with Crippen molar-refractivity contribution in [1.82, 2.24) is 25.1 Å². The Bertz CT molecular complexity index is 1660. The molecule has 0 spiro atoms. The van der Waals surface area contributed by atoms with E-state index in [4.69, 9.17) is 32.7 Å². The largest absolute Gasteiger partial charge is 0.481 e. The standard InChI is InChI=1S/C28H26Cl2N6O5/c1-36-28(39)25(32-14-33-36)26(38)34-20-8-4-6-17(24(20)30)16-5-3-7-18(23(16)29)19-10-9-15(27(35-19)40-2)11-31-21-12-41-13-22(21)37/h3-10,14,21-22,31,37H,11-13H2,1-2H3,(H,34,38)/t21-,22+/m1/s1. The van der Waals surface area contributed by atoms with Gasteiger partial charge in [0.2, 0.25) is 5.88 Å². The minimum atomic E-state index is -0.715. The number of carbonyl (C=O) groups excluding carboxylic acids is 1. The molecule has 1 aliphatic heterocycles. The van der Waals surface area contributed by atoms with Gasteiger partial charge in [-0.25, -0.2) is 14.6 Å². The summed E-state index contributed by atoms with van der Waals surface area (Å²) in [6.07, 6.45) is 0.564. The highest BCUT2D eigenvalue weighted by molar-refractivity contribution is 6.39. The third-order valence-electron chi connectivity index (χ3n) is 6.67. The van der Waals surface area contributed by atoms with Gasteiger partial charge < -0.3 is 25.2 Å². The lowest BCUT2D eigenvalue weighted by molar-refractivity contribution is 0.101. The lowest BCUT2D eigenvalue weighted by Gasteiger charge is -2.17. The minimum absolute atomic E-state index is 0.165. The zero-order chi connectivity index (χ0) is 29.1. The average molecular weight is 597 g/mol. The third kappa shape index (κ3) is 5.95. The summed E-state index contributed by atoms with van der Waals surface area (Å²) in [6, 6.07) is 14.1. The molecule has 13 heteroatoms. The highest BCUT2D eigenvalue weighted by Crippen LogP contribution is 2.41. The van der Waals surface area contributed by atoms with E-state index in [9.17, 15) is 14.7 Å². The Morgan fingerprint density at radius 2 is 1.83 bits per heavy atom. The number of aromatic nitrogens is 4. The van der Waals surface area contributed by atoms with Gasteiger partial charge in [-0.05, 0) is 12.1 Å². The summed E-state index contributed by atoms with van der Waals surface area (Å²) < 4.78 is 11.9. The summed E-state index contributed by atoms with van der Waals surface area (Å²) in [5, 5.41) is 20.3. The molecule has 0 unspecified atom stereocenters. The number of amides is 1. The van der Waals surface area contributed by atoms with Gasteiger partial charge in [0, 0.05) is 35.8 Å². The Morgan fingerprint density at radius 3 is 2.56 bits per heavy atom. The van der Waals surface area contributed by atoms with Crippen LogP contribution in [0.5, 0.6) is 5.88 Å². The van der Waals surface area contributed by atoms with Gasteiger partial charge in [0.25, 0.3) is 11.5 Å². The number of hydrogen-bond acceptors (Lipinski definition) is 9. The number of hydrogen-bond donors (Lipinski definition) is 3. The van der Waals surface area contributed by atoms with Crippen LogP contribution >= 0.6 is 23.2 Å². The van der Waals surface area contributed by atoms with Gasteiger partial charge in [-0.2, -0.15) is 5.10 Å². The van der Waals surface area contributed by atoms with E-state index in [1.807, 2.05) is 30.3 Å². The highest BCUT2D eigenvalue weighted by atomic mass is 35.5. The highest BCUT2D eigenvalue weighted by Gasteiger charge is 2.26. The van der Waals surface area contributed by atoms with Crippen LogP contribution in [0.4, 0.5) is 5.69 Å². The molecule has 0 saturated carbocycles. The van der Waals surface area contributed by atoms with Crippen LogP contribution in [0, 0.1) is 0 Å². The molecule has 0 aliphatic carbocycles. The maximum atomic E-state index is 12.8. The van der Waals surface area contributed by atoms with Crippen molar-refractivity contribution >= 4 is 34.8 Å². The number of benzene rings is 2. The van der Waals surface area contributed by atoms with E-state index in [0.29, 0.717) is 53.0 Å². The van der Waals surface area contributed by atoms with E-state index < -0.39 is 17.6 Å². The van der Waals surface area contributed by atoms with Crippen LogP contribution in [0.1, 0.15) is 16.1 Å². The number of halogens is 2. The summed E-state index contributed by atoms with van der Waals surface area (Å²) >= 11 is 13.6. The molecule has 11 nitrogen and oxygen atoms in total. The molecular weight excluding hydrogens is 571 g/mol. The van der Waals surface area contributed by atoms with Crippen LogP contribution in [0.15, 0.2) is 59.7 Å². The number of methoxy groups -OCH3 is 1. The number of nitrogens with zero attached hydrogens (tertiary/aromatic N) is 4. The first kappa shape index (κ1) is 28.7. The van der Waals surface area contributed by atoms with Crippen molar-refractivity contribution in [3.05, 3.63) is 86.5 Å². The maximum Gasteiger partial charge on any atom is 0.298 e. The van der Waals surface area contributed by atoms with Gasteiger partial charge in [-0.15, -0.1) is 0 Å². The fourth-order valence-electron chi connectivity index (χ4n) is 4.44. The molecule has 1 amide bonds. The Labute approximate surface area is 245 Å². The van der Waals surface area contributed by atoms with E-state index >= 15 is 0 Å². The van der Waals surface area contributed by atoms with E-state index in [1.165, 1.54) is 14.2 Å². The van der Waals surface area contributed by atoms with Crippen LogP contribution in [-0.2, 0) is 18.3 Å². The Balaban J connectivity index is 1.42. The molecule has 2 atom stereocenters. The minimum Gasteiger partial charge on any atom is -0.481 e. The van der Waals surface area contributed by atoms with Crippen LogP contribution in [0.25, 0.3) is 22.4 Å². The molecule has 212 valence electrons. The zero-order valence-corrected chi connectivity index (χ0v) is 23.6. The van der Waals surface area contributed by atoms with Crippen molar-refractivity contribution in [3.63, 3.8) is 0 Å². The number of anilines is 1. The van der Waals surface area contributed by atoms with Crippen molar-refractivity contribution in [3.8, 4) is 28.3 Å². The SMILES string of the molecule is COc1nc(-c2cccc(-c3cccc(NC(=O)c4ncnn(C)c4=O)c3Cl)c2Cl)ccc1CN[C@@H]1COC[C@@H]1O. The van der Waals surface area contributed by atoms with Crippen molar-refractivity contribution < 1.29 is 19.4 Å². The van der Waals surface area contributed by atoms with Gasteiger partial charge in [-0.1, -0.05) is 59.6 Å². The summed E-state index contributed by atoms with van der Waals surface area (Å²) in [7, 11) is 2.97. The van der Waals surface area contributed by atoms with Crippen LogP contribution in [0.3, 0.4) is 0 Å². The molecule has 5 rings (SSSR count). The van der Waals surface area contributed by atoms with E-state index in [2.05, 4.69) is 25.7 Å². The quantitative estimate of drug-likeness (QED) is 0.279. The summed E-state index contributed by atoms with van der Waals surface area (Å²) in [5.41, 5.74) is 2.57. The molecule has 1 saturated heterocycles. The lowest BCUT2D eigenvalue weighted by Crippen LogP contribution is -2.38. The Hall–Kier alpha value is -3.87. The number of carbonyl (C=O) groups is 1. The molecule has 3 N–H and O–H groups in total. The zero-order valence-electron chi connectivity index (χ0n) is 22.1. The second kappa shape index (κ2) is 12.3. The van der Waals surface area contributed by atoms with Crippen LogP contribution in [0.2, 0.25) is 10.0 Å². The maximum absolute atomic E-state index is 12.8. The number of aliphatic hydroxyl groups is 1. The van der Waals surface area contributed by atoms with Crippen molar-refractivity contribution in [2.45, 2.75) is 18.7 Å². The van der Waals surface area contributed by atoms with Crippen molar-refractivity contribution in [2.24, 2.45) is 7.05 Å². The lowest BCUT2D eigenvalue weighted by atomic mass is 10.00. The van der Waals surface area contributed by atoms with Gasteiger partial charge in [0.05, 0.1) is 53.9 Å². The van der Waals surface area contributed by atoms with E-state index in [1.54, 1.807) is 18.2 Å². The topological polar surface area (TPSA) is 140 Å². The van der Waals surface area contributed by atoms with E-state index in [0.717, 1.165) is 16.6 Å². The van der Waals surface area contributed by atoms with Crippen LogP contribution in [-0.4, -0.2) is 63.2 Å². The number of nitrogens with one attached hydrogen (secondary N) is 2. The number of aliphatic hydroxyl groups excluding tert-OH is 1. The number of aryl methyl sites for hydroxylation is 1. The number of pyridine rings is 1. The molecule has 41 heavy (non-hydrogen) atoms. The van der Waals surface area contributed by atoms with Gasteiger partial charge >= 0.3 is 0 Å². The smallest absolute Gasteiger partial charge is 0.298 e. The molecule has 1 fully saturated rings. The van der Waals surface area contributed by atoms with Gasteiger partial charge in [-0.3, -0.25) is 9.59 Å². The number of ether oxygens (including phenoxy) is 2. The molecular formula is C28H26Cl2N6O5.